The number of aromatic amines is 1. The molecule has 0 spiro atoms. The van der Waals surface area contributed by atoms with Crippen molar-refractivity contribution in [2.45, 2.75) is 73.1 Å². The number of fused-ring (bicyclic) bond motifs is 3. The largest absolute Gasteiger partial charge is 0.493 e. The van der Waals surface area contributed by atoms with Gasteiger partial charge in [0.2, 0.25) is 5.95 Å². The van der Waals surface area contributed by atoms with Gasteiger partial charge in [-0.3, -0.25) is 0 Å². The Labute approximate surface area is 231 Å². The molecule has 39 heavy (non-hydrogen) atoms. The van der Waals surface area contributed by atoms with E-state index in [0.717, 1.165) is 85.1 Å². The standard InChI is InChI=1S/C32H40N6O/c1-6-33-31-37-28-16-24(18-34-30(28)38-31)22-7-8-29-23(14-22)13-19(2)21(10-12-39-29)15-27-25-17-32(4,5)11-9-26(25)35-20(3)36-27/h7-8,14,16,18-19,21H,6,9-13,15,17H2,1-5H3,(H2,33,34,37,38). The van der Waals surface area contributed by atoms with E-state index in [1.807, 2.05) is 13.1 Å². The highest BCUT2D eigenvalue weighted by Gasteiger charge is 2.31. The molecule has 7 heteroatoms. The maximum atomic E-state index is 6.33. The van der Waals surface area contributed by atoms with Crippen LogP contribution in [0, 0.1) is 24.2 Å². The van der Waals surface area contributed by atoms with Gasteiger partial charge < -0.3 is 15.0 Å². The Balaban J connectivity index is 1.25. The quantitative estimate of drug-likeness (QED) is 0.310. The molecule has 6 rings (SSSR count). The van der Waals surface area contributed by atoms with Crippen LogP contribution in [-0.2, 0) is 25.7 Å². The fourth-order valence-electron chi connectivity index (χ4n) is 6.36. The number of pyridine rings is 1. The minimum absolute atomic E-state index is 0.313. The summed E-state index contributed by atoms with van der Waals surface area (Å²) >= 11 is 0. The molecule has 4 aromatic rings. The van der Waals surface area contributed by atoms with Gasteiger partial charge in [0.15, 0.2) is 5.65 Å². The highest BCUT2D eigenvalue weighted by Crippen LogP contribution is 2.38. The van der Waals surface area contributed by atoms with Gasteiger partial charge in [-0.2, -0.15) is 4.98 Å². The molecule has 1 aromatic carbocycles. The molecule has 0 bridgehead atoms. The summed E-state index contributed by atoms with van der Waals surface area (Å²) in [5, 5.41) is 3.23. The molecular weight excluding hydrogens is 484 g/mol. The summed E-state index contributed by atoms with van der Waals surface area (Å²) in [5.41, 5.74) is 9.44. The smallest absolute Gasteiger partial charge is 0.202 e. The molecular formula is C32H40N6O. The maximum Gasteiger partial charge on any atom is 0.202 e. The predicted octanol–water partition coefficient (Wildman–Crippen LogP) is 6.49. The summed E-state index contributed by atoms with van der Waals surface area (Å²) in [6.45, 7) is 12.8. The molecule has 204 valence electrons. The van der Waals surface area contributed by atoms with E-state index in [-0.39, 0.29) is 0 Å². The van der Waals surface area contributed by atoms with Crippen molar-refractivity contribution >= 4 is 17.1 Å². The Morgan fingerprint density at radius 3 is 2.85 bits per heavy atom. The summed E-state index contributed by atoms with van der Waals surface area (Å²) in [4.78, 5) is 22.3. The lowest BCUT2D eigenvalue weighted by molar-refractivity contribution is 0.219. The first-order valence-electron chi connectivity index (χ1n) is 14.5. The monoisotopic (exact) mass is 524 g/mol. The summed E-state index contributed by atoms with van der Waals surface area (Å²) in [5.74, 6) is 3.70. The van der Waals surface area contributed by atoms with E-state index in [1.54, 1.807) is 0 Å². The number of hydrogen-bond acceptors (Lipinski definition) is 6. The van der Waals surface area contributed by atoms with Crippen molar-refractivity contribution in [3.8, 4) is 16.9 Å². The van der Waals surface area contributed by atoms with Crippen molar-refractivity contribution in [1.82, 2.24) is 24.9 Å². The number of nitrogens with zero attached hydrogens (tertiary/aromatic N) is 4. The number of nitrogens with one attached hydrogen (secondary N) is 2. The van der Waals surface area contributed by atoms with Gasteiger partial charge in [0.1, 0.15) is 11.6 Å². The highest BCUT2D eigenvalue weighted by molar-refractivity contribution is 5.80. The Kier molecular flexibility index (Phi) is 6.77. The van der Waals surface area contributed by atoms with E-state index in [9.17, 15) is 0 Å². The first-order valence-corrected chi connectivity index (χ1v) is 14.5. The van der Waals surface area contributed by atoms with Gasteiger partial charge in [-0.25, -0.2) is 15.0 Å². The lowest BCUT2D eigenvalue weighted by atomic mass is 9.74. The SMILES string of the molecule is CCNc1nc2ncc(-c3ccc4c(c3)CC(C)C(Cc3nc(C)nc5c3CC(C)(C)CC5)CCO4)cc2[nH]1. The molecule has 3 aromatic heterocycles. The fraction of sp³-hybridized carbons (Fsp3) is 0.500. The first-order chi connectivity index (χ1) is 18.8. The molecule has 2 aliphatic rings. The first kappa shape index (κ1) is 25.8. The van der Waals surface area contributed by atoms with Crippen LogP contribution in [0.5, 0.6) is 5.75 Å². The van der Waals surface area contributed by atoms with Crippen LogP contribution in [0.1, 0.15) is 68.9 Å². The zero-order chi connectivity index (χ0) is 27.1. The van der Waals surface area contributed by atoms with E-state index in [2.05, 4.69) is 72.2 Å². The minimum atomic E-state index is 0.313. The van der Waals surface area contributed by atoms with Crippen molar-refractivity contribution < 1.29 is 4.74 Å². The van der Waals surface area contributed by atoms with Crippen molar-refractivity contribution in [2.75, 3.05) is 18.5 Å². The van der Waals surface area contributed by atoms with Crippen LogP contribution in [0.2, 0.25) is 0 Å². The predicted molar refractivity (Wildman–Crippen MR) is 156 cm³/mol. The van der Waals surface area contributed by atoms with E-state index in [0.29, 0.717) is 17.3 Å². The highest BCUT2D eigenvalue weighted by atomic mass is 16.5. The third-order valence-electron chi connectivity index (χ3n) is 8.61. The van der Waals surface area contributed by atoms with Gasteiger partial charge in [0, 0.05) is 29.7 Å². The number of aryl methyl sites for hydroxylation is 2. The van der Waals surface area contributed by atoms with Crippen LogP contribution >= 0.6 is 0 Å². The third kappa shape index (κ3) is 5.36. The molecule has 0 saturated carbocycles. The zero-order valence-corrected chi connectivity index (χ0v) is 23.9. The number of hydrogen-bond donors (Lipinski definition) is 2. The van der Waals surface area contributed by atoms with Crippen molar-refractivity contribution in [1.29, 1.82) is 0 Å². The van der Waals surface area contributed by atoms with Gasteiger partial charge in [0.25, 0.3) is 0 Å². The fourth-order valence-corrected chi connectivity index (χ4v) is 6.36. The Bertz CT molecular complexity index is 1510. The number of rotatable bonds is 5. The maximum absolute atomic E-state index is 6.33. The number of imidazole rings is 1. The molecule has 2 atom stereocenters. The third-order valence-corrected chi connectivity index (χ3v) is 8.61. The van der Waals surface area contributed by atoms with Crippen LogP contribution in [0.25, 0.3) is 22.3 Å². The van der Waals surface area contributed by atoms with Gasteiger partial charge >= 0.3 is 0 Å². The molecule has 0 amide bonds. The molecule has 1 aliphatic carbocycles. The van der Waals surface area contributed by atoms with Gasteiger partial charge in [0.05, 0.1) is 12.1 Å². The normalized spacial score (nSPS) is 20.4. The molecule has 0 saturated heterocycles. The zero-order valence-electron chi connectivity index (χ0n) is 23.9. The molecule has 2 N–H and O–H groups in total. The molecule has 4 heterocycles. The van der Waals surface area contributed by atoms with Crippen LogP contribution in [0.4, 0.5) is 5.95 Å². The van der Waals surface area contributed by atoms with Gasteiger partial charge in [-0.1, -0.05) is 26.8 Å². The van der Waals surface area contributed by atoms with Crippen molar-refractivity contribution in [2.24, 2.45) is 17.3 Å². The lowest BCUT2D eigenvalue weighted by Gasteiger charge is -2.33. The van der Waals surface area contributed by atoms with E-state index < -0.39 is 0 Å². The molecule has 0 radical (unpaired) electrons. The van der Waals surface area contributed by atoms with Gasteiger partial charge in [-0.05, 0) is 105 Å². The topological polar surface area (TPSA) is 88.6 Å². The average Bonchev–Trinajstić information content (AvgIpc) is 3.30. The molecule has 7 nitrogen and oxygen atoms in total. The number of aromatic nitrogens is 5. The van der Waals surface area contributed by atoms with Crippen LogP contribution in [0.15, 0.2) is 30.5 Å². The number of H-pyrrole nitrogens is 1. The molecule has 1 aliphatic heterocycles. The van der Waals surface area contributed by atoms with Crippen molar-refractivity contribution in [3.05, 3.63) is 58.8 Å². The second-order valence-electron chi connectivity index (χ2n) is 12.3. The summed E-state index contributed by atoms with van der Waals surface area (Å²) in [6.07, 6.45) is 8.27. The minimum Gasteiger partial charge on any atom is -0.493 e. The second-order valence-corrected chi connectivity index (χ2v) is 12.3. The van der Waals surface area contributed by atoms with Crippen LogP contribution in [-0.4, -0.2) is 38.1 Å². The van der Waals surface area contributed by atoms with E-state index >= 15 is 0 Å². The van der Waals surface area contributed by atoms with E-state index in [1.165, 1.54) is 28.9 Å². The number of benzene rings is 1. The average molecular weight is 525 g/mol. The second kappa shape index (κ2) is 10.2. The van der Waals surface area contributed by atoms with Crippen LogP contribution < -0.4 is 10.1 Å². The summed E-state index contributed by atoms with van der Waals surface area (Å²) < 4.78 is 6.33. The van der Waals surface area contributed by atoms with E-state index in [4.69, 9.17) is 14.7 Å². The number of ether oxygens (including phenoxy) is 1. The Hall–Kier alpha value is -3.48. The van der Waals surface area contributed by atoms with Crippen molar-refractivity contribution in [3.63, 3.8) is 0 Å². The number of anilines is 1. The Morgan fingerprint density at radius 2 is 2.00 bits per heavy atom. The van der Waals surface area contributed by atoms with Crippen LogP contribution in [0.3, 0.4) is 0 Å². The Morgan fingerprint density at radius 1 is 1.13 bits per heavy atom. The van der Waals surface area contributed by atoms with Gasteiger partial charge in [-0.15, -0.1) is 0 Å². The molecule has 0 fully saturated rings. The summed E-state index contributed by atoms with van der Waals surface area (Å²) in [7, 11) is 0. The summed E-state index contributed by atoms with van der Waals surface area (Å²) in [6, 6.07) is 8.70. The molecule has 2 unspecified atom stereocenters. The lowest BCUT2D eigenvalue weighted by Crippen LogP contribution is -2.28.